The second kappa shape index (κ2) is 6.21. The Morgan fingerprint density at radius 3 is 2.67 bits per heavy atom. The highest BCUT2D eigenvalue weighted by Crippen LogP contribution is 2.37. The van der Waals surface area contributed by atoms with Gasteiger partial charge in [0.2, 0.25) is 0 Å². The summed E-state index contributed by atoms with van der Waals surface area (Å²) in [5.74, 6) is 0. The molecule has 1 saturated heterocycles. The Balaban J connectivity index is 1.81. The molecule has 1 aliphatic rings. The third-order valence-corrected chi connectivity index (χ3v) is 5.99. The summed E-state index contributed by atoms with van der Waals surface area (Å²) in [6.45, 7) is -0.0158. The molecular weight excluding hydrogens is 379 g/mol. The third-order valence-electron chi connectivity index (χ3n) is 4.48. The maximum absolute atomic E-state index is 13.0. The van der Waals surface area contributed by atoms with Crippen LogP contribution in [0.3, 0.4) is 0 Å². The molecule has 3 aromatic rings. The molecule has 0 amide bonds. The highest BCUT2D eigenvalue weighted by Gasteiger charge is 2.39. The minimum Gasteiger partial charge on any atom is -0.264 e. The number of fused-ring (bicyclic) bond motifs is 1. The number of anilines is 1. The van der Waals surface area contributed by atoms with Crippen LogP contribution in [0.4, 0.5) is 18.9 Å². The largest absolute Gasteiger partial charge is 0.416 e. The van der Waals surface area contributed by atoms with E-state index in [-0.39, 0.29) is 12.1 Å². The van der Waals surface area contributed by atoms with Gasteiger partial charge in [0, 0.05) is 24.3 Å². The van der Waals surface area contributed by atoms with E-state index < -0.39 is 28.0 Å². The van der Waals surface area contributed by atoms with Crippen LogP contribution in [0.1, 0.15) is 17.2 Å². The van der Waals surface area contributed by atoms with Crippen LogP contribution in [-0.4, -0.2) is 19.9 Å². The smallest absolute Gasteiger partial charge is 0.264 e. The van der Waals surface area contributed by atoms with E-state index >= 15 is 0 Å². The lowest BCUT2D eigenvalue weighted by Crippen LogP contribution is -2.31. The molecule has 1 aromatic heterocycles. The molecule has 27 heavy (non-hydrogen) atoms. The first kappa shape index (κ1) is 17.7. The van der Waals surface area contributed by atoms with Crippen molar-refractivity contribution >= 4 is 26.7 Å². The van der Waals surface area contributed by atoms with E-state index in [1.54, 1.807) is 36.7 Å². The Kier molecular flexibility index (Phi) is 4.08. The fourth-order valence-corrected chi connectivity index (χ4v) is 4.64. The summed E-state index contributed by atoms with van der Waals surface area (Å²) in [6.07, 6.45) is -1.26. The summed E-state index contributed by atoms with van der Waals surface area (Å²) >= 11 is 0. The fraction of sp³-hybridized carbons (Fsp3) is 0.167. The minimum atomic E-state index is -4.50. The third kappa shape index (κ3) is 3.24. The van der Waals surface area contributed by atoms with Gasteiger partial charge in [-0.25, -0.2) is 4.31 Å². The van der Waals surface area contributed by atoms with Crippen LogP contribution in [0.25, 0.3) is 10.8 Å². The van der Waals surface area contributed by atoms with Gasteiger partial charge in [0.05, 0.1) is 17.3 Å². The normalized spacial score (nSPS) is 19.5. The van der Waals surface area contributed by atoms with Crippen molar-refractivity contribution in [3.63, 3.8) is 0 Å². The predicted octanol–water partition coefficient (Wildman–Crippen LogP) is 3.65. The van der Waals surface area contributed by atoms with Crippen LogP contribution in [0.2, 0.25) is 0 Å². The molecule has 0 radical (unpaired) electrons. The fourth-order valence-electron chi connectivity index (χ4n) is 3.21. The van der Waals surface area contributed by atoms with Crippen molar-refractivity contribution in [2.45, 2.75) is 12.2 Å². The molecule has 0 bridgehead atoms. The van der Waals surface area contributed by atoms with Crippen LogP contribution >= 0.6 is 0 Å². The topological polar surface area (TPSA) is 62.3 Å². The van der Waals surface area contributed by atoms with E-state index in [0.29, 0.717) is 5.69 Å². The number of hydrogen-bond acceptors (Lipinski definition) is 3. The molecule has 1 N–H and O–H groups in total. The lowest BCUT2D eigenvalue weighted by molar-refractivity contribution is -0.137. The monoisotopic (exact) mass is 393 g/mol. The molecule has 4 rings (SSSR count). The Hall–Kier alpha value is -2.65. The molecule has 0 saturated carbocycles. The maximum atomic E-state index is 13.0. The van der Waals surface area contributed by atoms with E-state index in [1.807, 2.05) is 0 Å². The summed E-state index contributed by atoms with van der Waals surface area (Å²) in [4.78, 5) is 4.01. The number of halogens is 3. The first-order valence-corrected chi connectivity index (χ1v) is 9.50. The highest BCUT2D eigenvalue weighted by molar-refractivity contribution is 7.91. The van der Waals surface area contributed by atoms with Gasteiger partial charge in [-0.2, -0.15) is 26.3 Å². The van der Waals surface area contributed by atoms with E-state index in [9.17, 15) is 21.6 Å². The second-order valence-electron chi connectivity index (χ2n) is 6.20. The van der Waals surface area contributed by atoms with E-state index in [2.05, 4.69) is 9.71 Å². The Morgan fingerprint density at radius 1 is 1.07 bits per heavy atom. The summed E-state index contributed by atoms with van der Waals surface area (Å²) in [7, 11) is -3.87. The van der Waals surface area contributed by atoms with E-state index in [4.69, 9.17) is 0 Å². The molecule has 140 valence electrons. The number of hydrogen-bond donors (Lipinski definition) is 1. The van der Waals surface area contributed by atoms with Crippen molar-refractivity contribution < 1.29 is 21.6 Å². The first-order valence-electron chi connectivity index (χ1n) is 8.06. The Morgan fingerprint density at radius 2 is 1.89 bits per heavy atom. The highest BCUT2D eigenvalue weighted by atomic mass is 32.2. The Bertz CT molecular complexity index is 1120. The van der Waals surface area contributed by atoms with Crippen molar-refractivity contribution in [1.82, 2.24) is 9.71 Å². The van der Waals surface area contributed by atoms with Gasteiger partial charge in [-0.1, -0.05) is 18.2 Å². The first-order chi connectivity index (χ1) is 12.8. The zero-order valence-corrected chi connectivity index (χ0v) is 14.6. The second-order valence-corrected chi connectivity index (χ2v) is 7.83. The maximum Gasteiger partial charge on any atom is 0.416 e. The van der Waals surface area contributed by atoms with Crippen LogP contribution in [-0.2, 0) is 16.4 Å². The van der Waals surface area contributed by atoms with Crippen molar-refractivity contribution in [2.24, 2.45) is 0 Å². The van der Waals surface area contributed by atoms with Gasteiger partial charge in [0.15, 0.2) is 0 Å². The molecular formula is C18H14F3N3O2S. The standard InChI is InChI=1S/C18H14F3N3O2S/c19-18(20,21)15-3-1-2-13(8-15)17-11-23-27(25,26)24(17)16-5-4-14-10-22-7-6-12(14)9-16/h1-10,17,23H,11H2/t17-/m0/s1. The zero-order chi connectivity index (χ0) is 19.2. The molecule has 5 nitrogen and oxygen atoms in total. The van der Waals surface area contributed by atoms with Crippen LogP contribution in [0.5, 0.6) is 0 Å². The number of nitrogens with one attached hydrogen (secondary N) is 1. The molecule has 2 heterocycles. The van der Waals surface area contributed by atoms with Crippen molar-refractivity contribution in [3.05, 3.63) is 72.1 Å². The van der Waals surface area contributed by atoms with Gasteiger partial charge in [0.25, 0.3) is 0 Å². The van der Waals surface area contributed by atoms with Gasteiger partial charge in [-0.3, -0.25) is 4.98 Å². The number of aromatic nitrogens is 1. The summed E-state index contributed by atoms with van der Waals surface area (Å²) < 4.78 is 67.8. The summed E-state index contributed by atoms with van der Waals surface area (Å²) in [5, 5.41) is 1.62. The molecule has 1 atom stereocenters. The summed E-state index contributed by atoms with van der Waals surface area (Å²) in [5.41, 5.74) is -0.164. The predicted molar refractivity (Wildman–Crippen MR) is 95.3 cm³/mol. The summed E-state index contributed by atoms with van der Waals surface area (Å²) in [6, 6.07) is 10.7. The number of rotatable bonds is 2. The van der Waals surface area contributed by atoms with E-state index in [0.717, 1.165) is 27.2 Å². The zero-order valence-electron chi connectivity index (χ0n) is 13.8. The van der Waals surface area contributed by atoms with Gasteiger partial charge in [-0.05, 0) is 41.3 Å². The average molecular weight is 393 g/mol. The molecule has 9 heteroatoms. The van der Waals surface area contributed by atoms with Gasteiger partial charge < -0.3 is 0 Å². The van der Waals surface area contributed by atoms with Crippen molar-refractivity contribution in [3.8, 4) is 0 Å². The number of alkyl halides is 3. The van der Waals surface area contributed by atoms with Gasteiger partial charge >= 0.3 is 16.4 Å². The number of nitrogens with zero attached hydrogens (tertiary/aromatic N) is 2. The average Bonchev–Trinajstić information content (AvgIpc) is 2.96. The number of pyridine rings is 1. The molecule has 1 fully saturated rings. The Labute approximate surface area is 153 Å². The molecule has 0 aliphatic carbocycles. The van der Waals surface area contributed by atoms with E-state index in [1.165, 1.54) is 12.1 Å². The number of benzene rings is 2. The molecule has 0 unspecified atom stereocenters. The van der Waals surface area contributed by atoms with Crippen LogP contribution in [0.15, 0.2) is 60.9 Å². The van der Waals surface area contributed by atoms with Gasteiger partial charge in [0.1, 0.15) is 0 Å². The molecule has 2 aromatic carbocycles. The lowest BCUT2D eigenvalue weighted by Gasteiger charge is -2.25. The van der Waals surface area contributed by atoms with Crippen molar-refractivity contribution in [1.29, 1.82) is 0 Å². The van der Waals surface area contributed by atoms with Crippen LogP contribution in [0, 0.1) is 0 Å². The van der Waals surface area contributed by atoms with Crippen molar-refractivity contribution in [2.75, 3.05) is 10.8 Å². The quantitative estimate of drug-likeness (QED) is 0.723. The SMILES string of the molecule is O=S1(=O)NC[C@@H](c2cccc(C(F)(F)F)c2)N1c1ccc2cnccc2c1. The molecule has 0 spiro atoms. The van der Waals surface area contributed by atoms with Crippen LogP contribution < -0.4 is 9.03 Å². The molecule has 1 aliphatic heterocycles. The lowest BCUT2D eigenvalue weighted by atomic mass is 10.0. The minimum absolute atomic E-state index is 0.0158. The van der Waals surface area contributed by atoms with Gasteiger partial charge in [-0.15, -0.1) is 0 Å².